The molecular formula is C5H10N4O. The second-order valence-electron chi connectivity index (χ2n) is 2.04. The van der Waals surface area contributed by atoms with Gasteiger partial charge in [-0.15, -0.1) is 0 Å². The molecule has 5 nitrogen and oxygen atoms in total. The van der Waals surface area contributed by atoms with Crippen LogP contribution in [0.25, 0.3) is 0 Å². The smallest absolute Gasteiger partial charge is 0.325 e. The first kappa shape index (κ1) is 6.85. The van der Waals surface area contributed by atoms with Gasteiger partial charge in [0, 0.05) is 21.1 Å². The summed E-state index contributed by atoms with van der Waals surface area (Å²) in [6.45, 7) is 0. The zero-order chi connectivity index (χ0) is 7.56. The van der Waals surface area contributed by atoms with Crippen LogP contribution in [-0.2, 0) is 0 Å². The summed E-state index contributed by atoms with van der Waals surface area (Å²) in [5, 5.41) is 6.38. The Hall–Kier alpha value is -1.26. The second kappa shape index (κ2) is 2.55. The molecule has 0 aliphatic heterocycles. The van der Waals surface area contributed by atoms with Crippen molar-refractivity contribution in [2.45, 2.75) is 0 Å². The van der Waals surface area contributed by atoms with Gasteiger partial charge in [-0.05, 0) is 5.16 Å². The molecule has 1 aromatic heterocycles. The number of aromatic nitrogens is 2. The van der Waals surface area contributed by atoms with Crippen molar-refractivity contribution in [3.05, 3.63) is 0 Å². The minimum absolute atomic E-state index is 0.503. The molecule has 0 fully saturated rings. The predicted molar refractivity (Wildman–Crippen MR) is 38.2 cm³/mol. The standard InChI is InChI=1S/C5H10N4O/c1-6-4-7-5(9(2)3)10-8-4/h1-3H3,(H,6,8). The van der Waals surface area contributed by atoms with Crippen LogP contribution < -0.4 is 10.2 Å². The molecule has 0 unspecified atom stereocenters. The largest absolute Gasteiger partial charge is 0.355 e. The maximum absolute atomic E-state index is 4.82. The van der Waals surface area contributed by atoms with E-state index in [1.165, 1.54) is 0 Å². The van der Waals surface area contributed by atoms with E-state index in [-0.39, 0.29) is 0 Å². The third-order valence-electron chi connectivity index (χ3n) is 1.02. The summed E-state index contributed by atoms with van der Waals surface area (Å²) in [5.74, 6) is 0.503. The van der Waals surface area contributed by atoms with Crippen LogP contribution in [0.5, 0.6) is 0 Å². The van der Waals surface area contributed by atoms with E-state index in [1.54, 1.807) is 11.9 Å². The van der Waals surface area contributed by atoms with Gasteiger partial charge in [-0.2, -0.15) is 4.98 Å². The van der Waals surface area contributed by atoms with Crippen LogP contribution in [0.4, 0.5) is 12.0 Å². The third kappa shape index (κ3) is 1.18. The minimum Gasteiger partial charge on any atom is -0.355 e. The van der Waals surface area contributed by atoms with Gasteiger partial charge in [0.05, 0.1) is 0 Å². The van der Waals surface area contributed by atoms with Gasteiger partial charge in [-0.25, -0.2) is 0 Å². The number of anilines is 2. The average Bonchev–Trinajstić information content (AvgIpc) is 2.34. The van der Waals surface area contributed by atoms with Crippen LogP contribution in [0, 0.1) is 0 Å². The average molecular weight is 142 g/mol. The van der Waals surface area contributed by atoms with Gasteiger partial charge in [0.25, 0.3) is 5.95 Å². The first-order chi connectivity index (χ1) is 4.74. The van der Waals surface area contributed by atoms with Crippen LogP contribution in [0.3, 0.4) is 0 Å². The van der Waals surface area contributed by atoms with Crippen molar-refractivity contribution in [1.29, 1.82) is 0 Å². The molecule has 0 aliphatic carbocycles. The van der Waals surface area contributed by atoms with Gasteiger partial charge in [-0.3, -0.25) is 0 Å². The highest BCUT2D eigenvalue weighted by atomic mass is 16.5. The van der Waals surface area contributed by atoms with Crippen LogP contribution in [0.2, 0.25) is 0 Å². The van der Waals surface area contributed by atoms with Gasteiger partial charge in [0.15, 0.2) is 0 Å². The van der Waals surface area contributed by atoms with E-state index < -0.39 is 0 Å². The lowest BCUT2D eigenvalue weighted by molar-refractivity contribution is 0.423. The number of nitrogens with zero attached hydrogens (tertiary/aromatic N) is 3. The highest BCUT2D eigenvalue weighted by Gasteiger charge is 2.04. The Morgan fingerprint density at radius 3 is 2.50 bits per heavy atom. The second-order valence-corrected chi connectivity index (χ2v) is 2.04. The Morgan fingerprint density at radius 2 is 2.20 bits per heavy atom. The SMILES string of the molecule is CNc1noc(N(C)C)n1. The predicted octanol–water partition coefficient (Wildman–Crippen LogP) is 0.177. The van der Waals surface area contributed by atoms with E-state index >= 15 is 0 Å². The maximum Gasteiger partial charge on any atom is 0.325 e. The van der Waals surface area contributed by atoms with Crippen LogP contribution in [0.15, 0.2) is 4.52 Å². The Labute approximate surface area is 59.0 Å². The Balaban J connectivity index is 2.78. The van der Waals surface area contributed by atoms with Crippen LogP contribution >= 0.6 is 0 Å². The zero-order valence-corrected chi connectivity index (χ0v) is 6.25. The summed E-state index contributed by atoms with van der Waals surface area (Å²) in [4.78, 5) is 5.71. The van der Waals surface area contributed by atoms with Crippen molar-refractivity contribution in [3.63, 3.8) is 0 Å². The molecule has 1 aromatic rings. The van der Waals surface area contributed by atoms with E-state index in [4.69, 9.17) is 4.52 Å². The van der Waals surface area contributed by atoms with E-state index in [9.17, 15) is 0 Å². The summed E-state index contributed by atoms with van der Waals surface area (Å²) >= 11 is 0. The fraction of sp³-hybridized carbons (Fsp3) is 0.600. The van der Waals surface area contributed by atoms with Crippen molar-refractivity contribution in [1.82, 2.24) is 10.1 Å². The lowest BCUT2D eigenvalue weighted by Crippen LogP contribution is -2.08. The summed E-state index contributed by atoms with van der Waals surface area (Å²) in [7, 11) is 5.42. The minimum atomic E-state index is 0.503. The monoisotopic (exact) mass is 142 g/mol. The molecule has 1 heterocycles. The molecule has 5 heteroatoms. The number of hydrogen-bond donors (Lipinski definition) is 1. The van der Waals surface area contributed by atoms with Gasteiger partial charge in [-0.1, -0.05) is 0 Å². The summed E-state index contributed by atoms with van der Waals surface area (Å²) in [6.07, 6.45) is 0. The first-order valence-electron chi connectivity index (χ1n) is 2.93. The molecule has 0 saturated heterocycles. The molecule has 1 rings (SSSR count). The van der Waals surface area contributed by atoms with Crippen molar-refractivity contribution < 1.29 is 4.52 Å². The Kier molecular flexibility index (Phi) is 1.75. The molecule has 0 radical (unpaired) electrons. The quantitative estimate of drug-likeness (QED) is 0.638. The fourth-order valence-electron chi connectivity index (χ4n) is 0.499. The van der Waals surface area contributed by atoms with E-state index in [0.717, 1.165) is 0 Å². The summed E-state index contributed by atoms with van der Waals surface area (Å²) in [5.41, 5.74) is 0. The number of nitrogens with one attached hydrogen (secondary N) is 1. The van der Waals surface area contributed by atoms with Crippen molar-refractivity contribution in [2.75, 3.05) is 31.4 Å². The molecular weight excluding hydrogens is 132 g/mol. The molecule has 0 saturated carbocycles. The molecule has 0 atom stereocenters. The van der Waals surface area contributed by atoms with Crippen LogP contribution in [0.1, 0.15) is 0 Å². The van der Waals surface area contributed by atoms with Crippen molar-refractivity contribution >= 4 is 12.0 Å². The van der Waals surface area contributed by atoms with Gasteiger partial charge in [0.1, 0.15) is 0 Å². The molecule has 56 valence electrons. The third-order valence-corrected chi connectivity index (χ3v) is 1.02. The Bertz CT molecular complexity index is 207. The first-order valence-corrected chi connectivity index (χ1v) is 2.93. The van der Waals surface area contributed by atoms with E-state index in [0.29, 0.717) is 12.0 Å². The molecule has 0 aromatic carbocycles. The van der Waals surface area contributed by atoms with Gasteiger partial charge >= 0.3 is 6.01 Å². The Morgan fingerprint density at radius 1 is 1.50 bits per heavy atom. The topological polar surface area (TPSA) is 54.2 Å². The number of rotatable bonds is 2. The molecule has 10 heavy (non-hydrogen) atoms. The van der Waals surface area contributed by atoms with E-state index in [1.807, 2.05) is 14.1 Å². The van der Waals surface area contributed by atoms with Crippen molar-refractivity contribution in [3.8, 4) is 0 Å². The molecule has 0 bridgehead atoms. The maximum atomic E-state index is 4.82. The normalized spacial score (nSPS) is 9.50. The lowest BCUT2D eigenvalue weighted by atomic mass is 10.9. The highest BCUT2D eigenvalue weighted by molar-refractivity contribution is 5.30. The molecule has 1 N–H and O–H groups in total. The molecule has 0 amide bonds. The van der Waals surface area contributed by atoms with E-state index in [2.05, 4.69) is 15.5 Å². The number of hydrogen-bond acceptors (Lipinski definition) is 5. The zero-order valence-electron chi connectivity index (χ0n) is 6.25. The fourth-order valence-corrected chi connectivity index (χ4v) is 0.499. The van der Waals surface area contributed by atoms with Gasteiger partial charge in [0.2, 0.25) is 0 Å². The molecule has 0 spiro atoms. The molecule has 0 aliphatic rings. The summed E-state index contributed by atoms with van der Waals surface area (Å²) < 4.78 is 4.82. The lowest BCUT2D eigenvalue weighted by Gasteiger charge is -2.01. The van der Waals surface area contributed by atoms with Crippen molar-refractivity contribution in [2.24, 2.45) is 0 Å². The summed E-state index contributed by atoms with van der Waals surface area (Å²) in [6, 6.07) is 0.504. The van der Waals surface area contributed by atoms with Crippen LogP contribution in [-0.4, -0.2) is 31.3 Å². The highest BCUT2D eigenvalue weighted by Crippen LogP contribution is 2.08. The van der Waals surface area contributed by atoms with Gasteiger partial charge < -0.3 is 14.7 Å².